The molecule has 146 valence electrons. The van der Waals surface area contributed by atoms with Crippen molar-refractivity contribution in [3.05, 3.63) is 53.3 Å². The van der Waals surface area contributed by atoms with Gasteiger partial charge in [-0.3, -0.25) is 4.79 Å². The Morgan fingerprint density at radius 3 is 2.36 bits per heavy atom. The molecular weight excluding hydrogens is 388 g/mol. The van der Waals surface area contributed by atoms with Crippen molar-refractivity contribution in [1.82, 2.24) is 9.61 Å². The Labute approximate surface area is 154 Å². The van der Waals surface area contributed by atoms with Gasteiger partial charge in [-0.2, -0.15) is 31.4 Å². The minimum atomic E-state index is -4.87. The van der Waals surface area contributed by atoms with Crippen LogP contribution in [0, 0.1) is 0 Å². The third kappa shape index (κ3) is 2.79. The van der Waals surface area contributed by atoms with E-state index in [1.165, 1.54) is 23.1 Å². The summed E-state index contributed by atoms with van der Waals surface area (Å²) in [5, 5.41) is 3.37. The monoisotopic (exact) mass is 399 g/mol. The molecule has 0 spiro atoms. The van der Waals surface area contributed by atoms with E-state index < -0.39 is 23.6 Å². The number of rotatable bonds is 1. The normalized spacial score (nSPS) is 14.8. The van der Waals surface area contributed by atoms with Gasteiger partial charge in [-0.05, 0) is 35.4 Å². The van der Waals surface area contributed by atoms with Crippen LogP contribution in [0.25, 0.3) is 16.6 Å². The summed E-state index contributed by atoms with van der Waals surface area (Å²) >= 11 is 0. The van der Waals surface area contributed by atoms with E-state index in [4.69, 9.17) is 0 Å². The SMILES string of the molecule is CN1C(=O)Cc2cc(-c3c(C(F)(F)F)nn4cc(C(F)(F)F)ccc34)ccc21. The summed E-state index contributed by atoms with van der Waals surface area (Å²) in [4.78, 5) is 13.2. The van der Waals surface area contributed by atoms with E-state index in [0.29, 0.717) is 28.0 Å². The highest BCUT2D eigenvalue weighted by Gasteiger charge is 2.39. The Balaban J connectivity index is 1.96. The van der Waals surface area contributed by atoms with Gasteiger partial charge in [0.1, 0.15) is 0 Å². The lowest BCUT2D eigenvalue weighted by Crippen LogP contribution is -2.20. The topological polar surface area (TPSA) is 37.6 Å². The lowest BCUT2D eigenvalue weighted by atomic mass is 10.00. The zero-order chi connectivity index (χ0) is 20.4. The fraction of sp³-hybridized carbons (Fsp3) is 0.222. The molecule has 3 heterocycles. The van der Waals surface area contributed by atoms with Gasteiger partial charge in [-0.25, -0.2) is 4.52 Å². The minimum Gasteiger partial charge on any atom is -0.315 e. The first-order valence-corrected chi connectivity index (χ1v) is 8.03. The first-order valence-electron chi connectivity index (χ1n) is 8.03. The van der Waals surface area contributed by atoms with Gasteiger partial charge in [0.05, 0.1) is 17.5 Å². The standard InChI is InChI=1S/C18H11F6N3O/c1-26-12-4-2-9(6-10(12)7-14(26)28)15-13-5-3-11(17(19,20)21)8-27(13)25-16(15)18(22,23)24/h2-6,8H,7H2,1H3. The van der Waals surface area contributed by atoms with Gasteiger partial charge >= 0.3 is 12.4 Å². The summed E-state index contributed by atoms with van der Waals surface area (Å²) in [6, 6.07) is 6.04. The number of hydrogen-bond donors (Lipinski definition) is 0. The molecule has 0 N–H and O–H groups in total. The summed E-state index contributed by atoms with van der Waals surface area (Å²) in [5.74, 6) is -0.196. The highest BCUT2D eigenvalue weighted by Crippen LogP contribution is 2.41. The Hall–Kier alpha value is -3.04. The molecular formula is C18H11F6N3O. The maximum atomic E-state index is 13.5. The smallest absolute Gasteiger partial charge is 0.315 e. The molecule has 0 unspecified atom stereocenters. The molecule has 0 saturated carbocycles. The van der Waals surface area contributed by atoms with Crippen LogP contribution in [0.1, 0.15) is 16.8 Å². The quantitative estimate of drug-likeness (QED) is 0.563. The van der Waals surface area contributed by atoms with Crippen LogP contribution < -0.4 is 4.90 Å². The molecule has 2 aromatic heterocycles. The first-order chi connectivity index (χ1) is 13.0. The molecule has 28 heavy (non-hydrogen) atoms. The fourth-order valence-corrected chi connectivity index (χ4v) is 3.33. The van der Waals surface area contributed by atoms with Crippen LogP contribution in [0.15, 0.2) is 36.5 Å². The number of anilines is 1. The van der Waals surface area contributed by atoms with Crippen molar-refractivity contribution >= 4 is 17.1 Å². The van der Waals surface area contributed by atoms with Crippen LogP contribution >= 0.6 is 0 Å². The number of fused-ring (bicyclic) bond motifs is 2. The predicted molar refractivity (Wildman–Crippen MR) is 87.7 cm³/mol. The van der Waals surface area contributed by atoms with Gasteiger partial charge in [0, 0.05) is 24.5 Å². The average Bonchev–Trinajstić information content (AvgIpc) is 3.11. The molecule has 1 aliphatic heterocycles. The molecule has 0 saturated heterocycles. The number of hydrogen-bond acceptors (Lipinski definition) is 2. The van der Waals surface area contributed by atoms with E-state index in [1.807, 2.05) is 0 Å². The highest BCUT2D eigenvalue weighted by molar-refractivity contribution is 6.01. The molecule has 0 radical (unpaired) electrons. The third-order valence-electron chi connectivity index (χ3n) is 4.67. The largest absolute Gasteiger partial charge is 0.435 e. The zero-order valence-corrected chi connectivity index (χ0v) is 14.2. The van der Waals surface area contributed by atoms with Crippen LogP contribution in [-0.2, 0) is 23.6 Å². The second kappa shape index (κ2) is 5.73. The number of amides is 1. The molecule has 1 aliphatic rings. The second-order valence-corrected chi connectivity index (χ2v) is 6.44. The third-order valence-corrected chi connectivity index (χ3v) is 4.67. The second-order valence-electron chi connectivity index (χ2n) is 6.44. The van der Waals surface area contributed by atoms with E-state index in [9.17, 15) is 31.1 Å². The number of pyridine rings is 1. The van der Waals surface area contributed by atoms with Crippen LogP contribution in [0.3, 0.4) is 0 Å². The Morgan fingerprint density at radius 1 is 1.00 bits per heavy atom. The number of benzene rings is 1. The van der Waals surface area contributed by atoms with E-state index >= 15 is 0 Å². The fourth-order valence-electron chi connectivity index (χ4n) is 3.33. The molecule has 10 heteroatoms. The Bertz CT molecular complexity index is 1110. The summed E-state index contributed by atoms with van der Waals surface area (Å²) in [7, 11) is 1.56. The molecule has 0 fully saturated rings. The van der Waals surface area contributed by atoms with Crippen molar-refractivity contribution in [2.45, 2.75) is 18.8 Å². The van der Waals surface area contributed by atoms with E-state index in [2.05, 4.69) is 5.10 Å². The Kier molecular flexibility index (Phi) is 3.75. The van der Waals surface area contributed by atoms with E-state index in [-0.39, 0.29) is 29.0 Å². The Morgan fingerprint density at radius 2 is 1.71 bits per heavy atom. The number of carbonyl (C=O) groups is 1. The zero-order valence-electron chi connectivity index (χ0n) is 14.2. The number of halogens is 6. The van der Waals surface area contributed by atoms with Crippen molar-refractivity contribution in [2.24, 2.45) is 0 Å². The molecule has 1 amide bonds. The van der Waals surface area contributed by atoms with Gasteiger partial charge in [-0.1, -0.05) is 6.07 Å². The van der Waals surface area contributed by atoms with Gasteiger partial charge in [-0.15, -0.1) is 0 Å². The first kappa shape index (κ1) is 18.3. The van der Waals surface area contributed by atoms with Crippen LogP contribution in [0.4, 0.5) is 32.0 Å². The van der Waals surface area contributed by atoms with Crippen LogP contribution in [0.2, 0.25) is 0 Å². The molecule has 4 rings (SSSR count). The number of carbonyl (C=O) groups excluding carboxylic acids is 1. The van der Waals surface area contributed by atoms with Crippen molar-refractivity contribution in [2.75, 3.05) is 11.9 Å². The van der Waals surface area contributed by atoms with Crippen molar-refractivity contribution in [1.29, 1.82) is 0 Å². The van der Waals surface area contributed by atoms with Gasteiger partial charge < -0.3 is 4.90 Å². The molecule has 0 bridgehead atoms. The number of aromatic nitrogens is 2. The average molecular weight is 399 g/mol. The number of nitrogens with zero attached hydrogens (tertiary/aromatic N) is 3. The number of likely N-dealkylation sites (N-methyl/N-ethyl adjacent to an activating group) is 1. The molecule has 0 aliphatic carbocycles. The number of alkyl halides is 6. The maximum absolute atomic E-state index is 13.5. The summed E-state index contributed by atoms with van der Waals surface area (Å²) in [5.41, 5.74) is -1.58. The predicted octanol–water partition coefficient (Wildman–Crippen LogP) is 4.56. The van der Waals surface area contributed by atoms with E-state index in [1.54, 1.807) is 7.05 Å². The highest BCUT2D eigenvalue weighted by atomic mass is 19.4. The van der Waals surface area contributed by atoms with Gasteiger partial charge in [0.15, 0.2) is 5.69 Å². The molecule has 0 atom stereocenters. The van der Waals surface area contributed by atoms with Crippen molar-refractivity contribution < 1.29 is 31.1 Å². The minimum absolute atomic E-state index is 0.0401. The molecule has 1 aromatic carbocycles. The lowest BCUT2D eigenvalue weighted by molar-refractivity contribution is -0.140. The van der Waals surface area contributed by atoms with Gasteiger partial charge in [0.2, 0.25) is 5.91 Å². The summed E-state index contributed by atoms with van der Waals surface area (Å²) < 4.78 is 79.9. The van der Waals surface area contributed by atoms with Gasteiger partial charge in [0.25, 0.3) is 0 Å². The van der Waals surface area contributed by atoms with Crippen molar-refractivity contribution in [3.8, 4) is 11.1 Å². The lowest BCUT2D eigenvalue weighted by Gasteiger charge is -2.11. The van der Waals surface area contributed by atoms with Crippen LogP contribution in [0.5, 0.6) is 0 Å². The summed E-state index contributed by atoms with van der Waals surface area (Å²) in [6.07, 6.45) is -9.01. The van der Waals surface area contributed by atoms with E-state index in [0.717, 1.165) is 6.07 Å². The van der Waals surface area contributed by atoms with Crippen molar-refractivity contribution in [3.63, 3.8) is 0 Å². The summed E-state index contributed by atoms with van der Waals surface area (Å²) in [6.45, 7) is 0. The molecule has 3 aromatic rings. The molecule has 4 nitrogen and oxygen atoms in total. The van der Waals surface area contributed by atoms with Crippen LogP contribution in [-0.4, -0.2) is 22.6 Å². The maximum Gasteiger partial charge on any atom is 0.435 e.